The maximum Gasteiger partial charge on any atom is 0.328 e. The Morgan fingerprint density at radius 3 is 2.43 bits per heavy atom. The van der Waals surface area contributed by atoms with Gasteiger partial charge in [0.15, 0.2) is 4.21 Å². The van der Waals surface area contributed by atoms with Crippen LogP contribution < -0.4 is 4.72 Å². The molecule has 0 aliphatic rings. The summed E-state index contributed by atoms with van der Waals surface area (Å²) in [7, 11) is -3.63. The molecule has 0 saturated carbocycles. The summed E-state index contributed by atoms with van der Waals surface area (Å²) in [5.41, 5.74) is 1.07. The molecule has 0 atom stereocenters. The van der Waals surface area contributed by atoms with Crippen molar-refractivity contribution in [1.29, 1.82) is 0 Å². The molecule has 5 nitrogen and oxygen atoms in total. The topological polar surface area (TPSA) is 83.5 Å². The lowest BCUT2D eigenvalue weighted by Gasteiger charge is -2.07. The number of halogens is 1. The van der Waals surface area contributed by atoms with E-state index >= 15 is 0 Å². The molecule has 110 valence electrons. The smallest absolute Gasteiger partial charge is 0.328 e. The fourth-order valence-corrected chi connectivity index (χ4v) is 4.90. The Hall–Kier alpha value is -1.64. The highest BCUT2D eigenvalue weighted by atomic mass is 79.9. The van der Waals surface area contributed by atoms with E-state index in [1.807, 2.05) is 0 Å². The molecule has 2 rings (SSSR count). The zero-order chi connectivity index (χ0) is 15.5. The number of aliphatic carboxylic acids is 1. The Bertz CT molecular complexity index is 779. The minimum Gasteiger partial charge on any atom is -0.478 e. The minimum absolute atomic E-state index is 0.206. The zero-order valence-corrected chi connectivity index (χ0v) is 13.7. The first-order valence-corrected chi connectivity index (χ1v) is 8.81. The second-order valence-corrected chi connectivity index (χ2v) is 7.60. The maximum absolute atomic E-state index is 12.2. The minimum atomic E-state index is -3.63. The van der Waals surface area contributed by atoms with Gasteiger partial charge in [0, 0.05) is 16.2 Å². The fraction of sp³-hybridized carbons (Fsp3) is 0. The summed E-state index contributed by atoms with van der Waals surface area (Å²) in [6.07, 6.45) is 2.44. The standard InChI is InChI=1S/C13H10BrNO4S2/c14-11-7-8-20-13(11)21(18,19)15-10-4-1-9(2-5-10)3-6-12(16)17/h1-8,15H,(H,16,17). The van der Waals surface area contributed by atoms with Crippen LogP contribution in [0.15, 0.2) is 50.5 Å². The third-order valence-electron chi connectivity index (χ3n) is 2.41. The van der Waals surface area contributed by atoms with E-state index in [-0.39, 0.29) is 4.21 Å². The average molecular weight is 388 g/mol. The molecule has 0 aliphatic carbocycles. The molecule has 2 N–H and O–H groups in total. The van der Waals surface area contributed by atoms with E-state index in [0.29, 0.717) is 15.7 Å². The van der Waals surface area contributed by atoms with Crippen molar-refractivity contribution in [3.8, 4) is 0 Å². The van der Waals surface area contributed by atoms with Gasteiger partial charge < -0.3 is 5.11 Å². The number of hydrogen-bond acceptors (Lipinski definition) is 4. The van der Waals surface area contributed by atoms with Crippen LogP contribution in [0, 0.1) is 0 Å². The molecular formula is C13H10BrNO4S2. The fourth-order valence-electron chi connectivity index (χ4n) is 1.50. The highest BCUT2D eigenvalue weighted by molar-refractivity contribution is 9.10. The molecule has 0 unspecified atom stereocenters. The zero-order valence-electron chi connectivity index (χ0n) is 10.5. The van der Waals surface area contributed by atoms with E-state index in [4.69, 9.17) is 5.11 Å². The van der Waals surface area contributed by atoms with Crippen LogP contribution in [0.25, 0.3) is 6.08 Å². The van der Waals surface area contributed by atoms with Gasteiger partial charge in [0.05, 0.1) is 0 Å². The first-order valence-electron chi connectivity index (χ1n) is 5.65. The van der Waals surface area contributed by atoms with Gasteiger partial charge in [0.1, 0.15) is 0 Å². The molecule has 0 amide bonds. The van der Waals surface area contributed by atoms with Gasteiger partial charge >= 0.3 is 5.97 Å². The molecular weight excluding hydrogens is 378 g/mol. The monoisotopic (exact) mass is 387 g/mol. The molecule has 2 aromatic rings. The molecule has 1 heterocycles. The van der Waals surface area contributed by atoms with Crippen molar-refractivity contribution in [2.75, 3.05) is 4.72 Å². The molecule has 0 spiro atoms. The van der Waals surface area contributed by atoms with Gasteiger partial charge in [-0.15, -0.1) is 11.3 Å². The summed E-state index contributed by atoms with van der Waals surface area (Å²) in [6, 6.07) is 8.06. The van der Waals surface area contributed by atoms with Gasteiger partial charge in [-0.25, -0.2) is 13.2 Å². The summed E-state index contributed by atoms with van der Waals surface area (Å²) in [5.74, 6) is -1.04. The molecule has 0 saturated heterocycles. The van der Waals surface area contributed by atoms with Crippen molar-refractivity contribution in [2.24, 2.45) is 0 Å². The van der Waals surface area contributed by atoms with Gasteiger partial charge in [0.25, 0.3) is 10.0 Å². The Labute approximate surface area is 134 Å². The SMILES string of the molecule is O=C(O)C=Cc1ccc(NS(=O)(=O)c2sccc2Br)cc1. The Balaban J connectivity index is 2.17. The Kier molecular flexibility index (Phi) is 4.81. The number of hydrogen-bond donors (Lipinski definition) is 2. The largest absolute Gasteiger partial charge is 0.478 e. The van der Waals surface area contributed by atoms with Crippen LogP contribution in [-0.2, 0) is 14.8 Å². The number of nitrogens with one attached hydrogen (secondary N) is 1. The molecule has 0 bridgehead atoms. The third-order valence-corrected chi connectivity index (χ3v) is 6.46. The van der Waals surface area contributed by atoms with E-state index in [1.54, 1.807) is 35.7 Å². The van der Waals surface area contributed by atoms with E-state index in [2.05, 4.69) is 20.7 Å². The molecule has 1 aromatic heterocycles. The van der Waals surface area contributed by atoms with Crippen LogP contribution in [0.2, 0.25) is 0 Å². The number of anilines is 1. The molecule has 0 aliphatic heterocycles. The number of thiophene rings is 1. The summed E-state index contributed by atoms with van der Waals surface area (Å²) in [5, 5.41) is 10.2. The second-order valence-electron chi connectivity index (χ2n) is 3.96. The lowest BCUT2D eigenvalue weighted by Crippen LogP contribution is -2.11. The lowest BCUT2D eigenvalue weighted by molar-refractivity contribution is -0.131. The molecule has 0 fully saturated rings. The van der Waals surface area contributed by atoms with E-state index in [9.17, 15) is 13.2 Å². The Morgan fingerprint density at radius 2 is 1.90 bits per heavy atom. The highest BCUT2D eigenvalue weighted by Crippen LogP contribution is 2.29. The number of carbonyl (C=O) groups is 1. The first kappa shape index (κ1) is 15.7. The average Bonchev–Trinajstić information content (AvgIpc) is 2.84. The molecule has 21 heavy (non-hydrogen) atoms. The lowest BCUT2D eigenvalue weighted by atomic mass is 10.2. The first-order chi connectivity index (χ1) is 9.88. The van der Waals surface area contributed by atoms with Crippen molar-refractivity contribution in [1.82, 2.24) is 0 Å². The third kappa shape index (κ3) is 4.16. The predicted octanol–water partition coefficient (Wildman–Crippen LogP) is 3.41. The van der Waals surface area contributed by atoms with Crippen molar-refractivity contribution in [3.63, 3.8) is 0 Å². The second kappa shape index (κ2) is 6.42. The number of rotatable bonds is 5. The van der Waals surface area contributed by atoms with Crippen molar-refractivity contribution in [2.45, 2.75) is 4.21 Å². The number of benzene rings is 1. The van der Waals surface area contributed by atoms with Crippen LogP contribution >= 0.6 is 27.3 Å². The highest BCUT2D eigenvalue weighted by Gasteiger charge is 2.19. The van der Waals surface area contributed by atoms with Crippen molar-refractivity contribution in [3.05, 3.63) is 51.8 Å². The van der Waals surface area contributed by atoms with Crippen LogP contribution in [0.4, 0.5) is 5.69 Å². The van der Waals surface area contributed by atoms with E-state index in [0.717, 1.165) is 17.4 Å². The number of carboxylic acid groups (broad SMARTS) is 1. The molecule has 8 heteroatoms. The van der Waals surface area contributed by atoms with Gasteiger partial charge in [-0.3, -0.25) is 4.72 Å². The van der Waals surface area contributed by atoms with E-state index in [1.165, 1.54) is 6.08 Å². The Morgan fingerprint density at radius 1 is 1.24 bits per heavy atom. The van der Waals surface area contributed by atoms with Crippen molar-refractivity contribution >= 4 is 55.0 Å². The molecule has 0 radical (unpaired) electrons. The molecule has 1 aromatic carbocycles. The van der Waals surface area contributed by atoms with Gasteiger partial charge in [0.2, 0.25) is 0 Å². The number of carboxylic acids is 1. The summed E-state index contributed by atoms with van der Waals surface area (Å²) in [6.45, 7) is 0. The quantitative estimate of drug-likeness (QED) is 0.769. The summed E-state index contributed by atoms with van der Waals surface area (Å²) >= 11 is 4.30. The van der Waals surface area contributed by atoms with Gasteiger partial charge in [-0.1, -0.05) is 12.1 Å². The maximum atomic E-state index is 12.2. The normalized spacial score (nSPS) is 11.7. The van der Waals surface area contributed by atoms with Crippen molar-refractivity contribution < 1.29 is 18.3 Å². The predicted molar refractivity (Wildman–Crippen MR) is 85.9 cm³/mol. The summed E-state index contributed by atoms with van der Waals surface area (Å²) < 4.78 is 27.5. The van der Waals surface area contributed by atoms with Crippen LogP contribution in [-0.4, -0.2) is 19.5 Å². The van der Waals surface area contributed by atoms with E-state index < -0.39 is 16.0 Å². The summed E-state index contributed by atoms with van der Waals surface area (Å²) in [4.78, 5) is 10.4. The van der Waals surface area contributed by atoms with Gasteiger partial charge in [-0.2, -0.15) is 0 Å². The van der Waals surface area contributed by atoms with Crippen LogP contribution in [0.1, 0.15) is 5.56 Å². The van der Waals surface area contributed by atoms with Gasteiger partial charge in [-0.05, 0) is 51.1 Å². The number of sulfonamides is 1. The van der Waals surface area contributed by atoms with Crippen LogP contribution in [0.3, 0.4) is 0 Å². The van der Waals surface area contributed by atoms with Crippen LogP contribution in [0.5, 0.6) is 0 Å².